The molecule has 0 N–H and O–H groups in total. The monoisotopic (exact) mass is 189 g/mol. The van der Waals surface area contributed by atoms with Crippen LogP contribution in [0.5, 0.6) is 0 Å². The van der Waals surface area contributed by atoms with Crippen molar-refractivity contribution in [2.75, 3.05) is 19.5 Å². The van der Waals surface area contributed by atoms with Crippen molar-refractivity contribution < 1.29 is 9.47 Å². The molecule has 70 valence electrons. The second-order valence-corrected chi connectivity index (χ2v) is 5.29. The van der Waals surface area contributed by atoms with Crippen LogP contribution in [0.3, 0.4) is 0 Å². The van der Waals surface area contributed by atoms with Crippen LogP contribution in [-0.4, -0.2) is 30.6 Å². The predicted molar refractivity (Wildman–Crippen MR) is 49.0 cm³/mol. The SMILES string of the molecule is C[S@@]1=N[C@]1(C)OC1CCOCC1. The van der Waals surface area contributed by atoms with Gasteiger partial charge in [-0.05, 0) is 36.7 Å². The molecule has 0 radical (unpaired) electrons. The molecular weight excluding hydrogens is 174 g/mol. The van der Waals surface area contributed by atoms with Gasteiger partial charge in [-0.1, -0.05) is 0 Å². The maximum Gasteiger partial charge on any atom is 0.220 e. The first kappa shape index (κ1) is 8.66. The smallest absolute Gasteiger partial charge is 0.220 e. The summed E-state index contributed by atoms with van der Waals surface area (Å²) >= 11 is 0. The summed E-state index contributed by atoms with van der Waals surface area (Å²) in [5.41, 5.74) is 0. The zero-order valence-corrected chi connectivity index (χ0v) is 8.39. The summed E-state index contributed by atoms with van der Waals surface area (Å²) in [6.07, 6.45) is 4.56. The molecule has 4 heteroatoms. The van der Waals surface area contributed by atoms with Crippen LogP contribution in [0.2, 0.25) is 0 Å². The zero-order chi connectivity index (χ0) is 8.60. The second-order valence-electron chi connectivity index (χ2n) is 3.40. The van der Waals surface area contributed by atoms with Gasteiger partial charge in [0, 0.05) is 13.2 Å². The van der Waals surface area contributed by atoms with Crippen LogP contribution in [0, 0.1) is 0 Å². The average molecular weight is 189 g/mol. The fourth-order valence-electron chi connectivity index (χ4n) is 1.42. The van der Waals surface area contributed by atoms with Crippen LogP contribution in [0.1, 0.15) is 19.8 Å². The molecule has 2 heterocycles. The highest BCUT2D eigenvalue weighted by molar-refractivity contribution is 7.92. The fourth-order valence-corrected chi connectivity index (χ4v) is 2.43. The maximum absolute atomic E-state index is 5.87. The van der Waals surface area contributed by atoms with Gasteiger partial charge in [-0.3, -0.25) is 0 Å². The molecule has 0 aliphatic carbocycles. The maximum atomic E-state index is 5.87. The Balaban J connectivity index is 1.79. The third-order valence-electron chi connectivity index (χ3n) is 2.37. The molecule has 0 unspecified atom stereocenters. The van der Waals surface area contributed by atoms with E-state index in [1.54, 1.807) is 0 Å². The lowest BCUT2D eigenvalue weighted by molar-refractivity contribution is -0.0644. The van der Waals surface area contributed by atoms with Crippen molar-refractivity contribution in [1.29, 1.82) is 0 Å². The van der Waals surface area contributed by atoms with E-state index in [0.29, 0.717) is 6.10 Å². The Morgan fingerprint density at radius 3 is 2.58 bits per heavy atom. The number of nitrogens with zero attached hydrogens (tertiary/aromatic N) is 1. The summed E-state index contributed by atoms with van der Waals surface area (Å²) in [6, 6.07) is 0. The van der Waals surface area contributed by atoms with Gasteiger partial charge < -0.3 is 9.47 Å². The molecule has 0 saturated carbocycles. The summed E-state index contributed by atoms with van der Waals surface area (Å²) in [7, 11) is 0.146. The van der Waals surface area contributed by atoms with Crippen LogP contribution < -0.4 is 0 Å². The van der Waals surface area contributed by atoms with Gasteiger partial charge in [0.1, 0.15) is 0 Å². The van der Waals surface area contributed by atoms with Crippen LogP contribution in [0.4, 0.5) is 0 Å². The van der Waals surface area contributed by atoms with E-state index in [4.69, 9.17) is 9.47 Å². The van der Waals surface area contributed by atoms with E-state index in [9.17, 15) is 0 Å². The molecule has 0 spiro atoms. The minimum Gasteiger partial charge on any atom is -0.381 e. The lowest BCUT2D eigenvalue weighted by Gasteiger charge is -2.24. The van der Waals surface area contributed by atoms with Crippen molar-refractivity contribution in [3.63, 3.8) is 0 Å². The minimum atomic E-state index is -0.137. The molecule has 0 aromatic rings. The van der Waals surface area contributed by atoms with Crippen molar-refractivity contribution in [3.05, 3.63) is 0 Å². The van der Waals surface area contributed by atoms with Crippen LogP contribution in [0.15, 0.2) is 4.36 Å². The molecule has 3 nitrogen and oxygen atoms in total. The normalized spacial score (nSPS) is 42.3. The van der Waals surface area contributed by atoms with E-state index in [-0.39, 0.29) is 15.7 Å². The van der Waals surface area contributed by atoms with E-state index in [2.05, 4.69) is 17.5 Å². The van der Waals surface area contributed by atoms with Gasteiger partial charge in [-0.25, -0.2) is 4.36 Å². The minimum absolute atomic E-state index is 0.137. The third kappa shape index (κ3) is 1.70. The van der Waals surface area contributed by atoms with E-state index in [0.717, 1.165) is 26.1 Å². The lowest BCUT2D eigenvalue weighted by atomic mass is 10.1. The van der Waals surface area contributed by atoms with Crippen LogP contribution in [0.25, 0.3) is 0 Å². The van der Waals surface area contributed by atoms with Gasteiger partial charge in [0.15, 0.2) is 0 Å². The highest BCUT2D eigenvalue weighted by atomic mass is 32.2. The summed E-state index contributed by atoms with van der Waals surface area (Å²) in [5, 5.41) is -0.137. The Labute approximate surface area is 75.5 Å². The average Bonchev–Trinajstić information content (AvgIpc) is 2.61. The Morgan fingerprint density at radius 1 is 1.50 bits per heavy atom. The lowest BCUT2D eigenvalue weighted by Crippen LogP contribution is -2.29. The Hall–Kier alpha value is 0.0700. The number of hydrogen-bond acceptors (Lipinski definition) is 3. The van der Waals surface area contributed by atoms with Crippen molar-refractivity contribution >= 4 is 10.7 Å². The molecule has 0 aromatic heterocycles. The topological polar surface area (TPSA) is 30.8 Å². The van der Waals surface area contributed by atoms with Gasteiger partial charge in [0.25, 0.3) is 0 Å². The first-order valence-electron chi connectivity index (χ1n) is 4.35. The fraction of sp³-hybridized carbons (Fsp3) is 1.00. The van der Waals surface area contributed by atoms with Gasteiger partial charge in [0.05, 0.1) is 6.10 Å². The van der Waals surface area contributed by atoms with Crippen LogP contribution >= 0.6 is 0 Å². The Bertz CT molecular complexity index is 213. The van der Waals surface area contributed by atoms with Gasteiger partial charge in [-0.15, -0.1) is 0 Å². The molecule has 2 aliphatic heterocycles. The highest BCUT2D eigenvalue weighted by Crippen LogP contribution is 2.35. The van der Waals surface area contributed by atoms with Gasteiger partial charge in [0.2, 0.25) is 5.06 Å². The molecule has 0 aromatic carbocycles. The van der Waals surface area contributed by atoms with E-state index in [1.165, 1.54) is 0 Å². The molecule has 2 rings (SSSR count). The van der Waals surface area contributed by atoms with Crippen molar-refractivity contribution in [1.82, 2.24) is 0 Å². The molecule has 1 fully saturated rings. The first-order valence-corrected chi connectivity index (χ1v) is 5.94. The molecule has 1 saturated heterocycles. The molecule has 2 atom stereocenters. The largest absolute Gasteiger partial charge is 0.381 e. The highest BCUT2D eigenvalue weighted by Gasteiger charge is 2.41. The third-order valence-corrected chi connectivity index (χ3v) is 4.11. The van der Waals surface area contributed by atoms with Gasteiger partial charge in [-0.2, -0.15) is 0 Å². The first-order chi connectivity index (χ1) is 5.71. The zero-order valence-electron chi connectivity index (χ0n) is 7.58. The van der Waals surface area contributed by atoms with Gasteiger partial charge >= 0.3 is 0 Å². The molecular formula is C8H15NO2S. The molecule has 12 heavy (non-hydrogen) atoms. The predicted octanol–water partition coefficient (Wildman–Crippen LogP) is 1.30. The second kappa shape index (κ2) is 3.09. The summed E-state index contributed by atoms with van der Waals surface area (Å²) in [4.78, 5) is 0. The summed E-state index contributed by atoms with van der Waals surface area (Å²) in [6.45, 7) is 3.77. The quantitative estimate of drug-likeness (QED) is 0.655. The van der Waals surface area contributed by atoms with E-state index >= 15 is 0 Å². The summed E-state index contributed by atoms with van der Waals surface area (Å²) < 4.78 is 15.5. The van der Waals surface area contributed by atoms with Crippen molar-refractivity contribution in [2.45, 2.75) is 30.9 Å². The molecule has 2 aliphatic rings. The van der Waals surface area contributed by atoms with Crippen LogP contribution in [-0.2, 0) is 20.2 Å². The summed E-state index contributed by atoms with van der Waals surface area (Å²) in [5.74, 6) is 0. The van der Waals surface area contributed by atoms with Crippen molar-refractivity contribution in [2.24, 2.45) is 4.36 Å². The number of hydrogen-bond donors (Lipinski definition) is 0. The van der Waals surface area contributed by atoms with E-state index < -0.39 is 0 Å². The Morgan fingerprint density at radius 2 is 2.08 bits per heavy atom. The van der Waals surface area contributed by atoms with Crippen molar-refractivity contribution in [3.8, 4) is 0 Å². The molecule has 0 amide bonds. The molecule has 0 bridgehead atoms. The number of ether oxygens (including phenoxy) is 2. The number of rotatable bonds is 2. The Kier molecular flexibility index (Phi) is 2.23. The van der Waals surface area contributed by atoms with E-state index in [1.807, 2.05) is 0 Å². The standard InChI is InChI=1S/C8H15NO2S/c1-8(9-12(8)2)11-7-3-5-10-6-4-7/h7H,3-6H2,1-2H3/t8-,12+/m1/s1.